The molecule has 100 valence electrons. The quantitative estimate of drug-likeness (QED) is 0.814. The molecule has 18 heavy (non-hydrogen) atoms. The number of carboxylic acids is 1. The van der Waals surface area contributed by atoms with E-state index in [4.69, 9.17) is 5.11 Å². The molecule has 1 heterocycles. The van der Waals surface area contributed by atoms with Crippen molar-refractivity contribution in [2.75, 3.05) is 13.1 Å². The van der Waals surface area contributed by atoms with Gasteiger partial charge in [0.1, 0.15) is 6.54 Å². The minimum atomic E-state index is -1.02. The topological polar surface area (TPSA) is 82.5 Å². The van der Waals surface area contributed by atoms with Crippen molar-refractivity contribution in [3.63, 3.8) is 0 Å². The molecular formula is C11H17N3O3S. The third-order valence-electron chi connectivity index (χ3n) is 2.29. The fourth-order valence-electron chi connectivity index (χ4n) is 1.39. The molecule has 1 aromatic rings. The molecule has 0 aliphatic heterocycles. The molecule has 0 saturated heterocycles. The number of aromatic nitrogens is 1. The molecule has 0 saturated carbocycles. The Morgan fingerprint density at radius 2 is 2.28 bits per heavy atom. The molecule has 0 unspecified atom stereocenters. The van der Waals surface area contributed by atoms with Crippen molar-refractivity contribution in [3.8, 4) is 0 Å². The lowest BCUT2D eigenvalue weighted by atomic mass is 10.3. The number of rotatable bonds is 6. The SMILES string of the molecule is CC(C)N(CC(=O)O)C(=O)NCCc1nccs1. The van der Waals surface area contributed by atoms with Crippen LogP contribution in [-0.4, -0.2) is 46.1 Å². The predicted octanol–water partition coefficient (Wildman–Crippen LogP) is 1.19. The number of thiazole rings is 1. The number of carboxylic acid groups (broad SMARTS) is 1. The van der Waals surface area contributed by atoms with Crippen LogP contribution in [0.5, 0.6) is 0 Å². The monoisotopic (exact) mass is 271 g/mol. The molecular weight excluding hydrogens is 254 g/mol. The van der Waals surface area contributed by atoms with E-state index in [1.54, 1.807) is 20.0 Å². The van der Waals surface area contributed by atoms with Gasteiger partial charge in [-0.05, 0) is 13.8 Å². The van der Waals surface area contributed by atoms with Gasteiger partial charge in [-0.15, -0.1) is 11.3 Å². The fraction of sp³-hybridized carbons (Fsp3) is 0.545. The van der Waals surface area contributed by atoms with Crippen molar-refractivity contribution in [3.05, 3.63) is 16.6 Å². The number of nitrogens with zero attached hydrogens (tertiary/aromatic N) is 2. The summed E-state index contributed by atoms with van der Waals surface area (Å²) in [6.07, 6.45) is 2.37. The van der Waals surface area contributed by atoms with Gasteiger partial charge in [-0.2, -0.15) is 0 Å². The van der Waals surface area contributed by atoms with Gasteiger partial charge in [-0.3, -0.25) is 4.79 Å². The minimum absolute atomic E-state index is 0.152. The number of amides is 2. The number of carbonyl (C=O) groups is 2. The molecule has 0 radical (unpaired) electrons. The highest BCUT2D eigenvalue weighted by atomic mass is 32.1. The summed E-state index contributed by atoms with van der Waals surface area (Å²) in [5, 5.41) is 14.3. The molecule has 0 spiro atoms. The Balaban J connectivity index is 2.39. The summed E-state index contributed by atoms with van der Waals surface area (Å²) >= 11 is 1.53. The van der Waals surface area contributed by atoms with E-state index in [0.29, 0.717) is 13.0 Å². The molecule has 2 amide bonds. The Morgan fingerprint density at radius 1 is 1.56 bits per heavy atom. The predicted molar refractivity (Wildman–Crippen MR) is 68.7 cm³/mol. The number of nitrogens with one attached hydrogen (secondary N) is 1. The smallest absolute Gasteiger partial charge is 0.323 e. The maximum absolute atomic E-state index is 11.8. The van der Waals surface area contributed by atoms with Crippen LogP contribution in [0, 0.1) is 0 Å². The van der Waals surface area contributed by atoms with Gasteiger partial charge in [0.05, 0.1) is 5.01 Å². The van der Waals surface area contributed by atoms with Crippen LogP contribution in [0.25, 0.3) is 0 Å². The van der Waals surface area contributed by atoms with Crippen LogP contribution in [-0.2, 0) is 11.2 Å². The molecule has 0 aromatic carbocycles. The largest absolute Gasteiger partial charge is 0.480 e. The number of hydrogen-bond donors (Lipinski definition) is 2. The second kappa shape index (κ2) is 6.95. The summed E-state index contributed by atoms with van der Waals surface area (Å²) in [6, 6.07) is -0.509. The molecule has 0 bridgehead atoms. The van der Waals surface area contributed by atoms with Crippen LogP contribution in [0.15, 0.2) is 11.6 Å². The number of aliphatic carboxylic acids is 1. The van der Waals surface area contributed by atoms with E-state index in [2.05, 4.69) is 10.3 Å². The van der Waals surface area contributed by atoms with Gasteiger partial charge in [-0.1, -0.05) is 0 Å². The van der Waals surface area contributed by atoms with E-state index < -0.39 is 5.97 Å². The van der Waals surface area contributed by atoms with Crippen LogP contribution in [0.4, 0.5) is 4.79 Å². The summed E-state index contributed by atoms with van der Waals surface area (Å²) in [5.74, 6) is -1.02. The van der Waals surface area contributed by atoms with Crippen molar-refractivity contribution in [1.29, 1.82) is 0 Å². The molecule has 1 aromatic heterocycles. The Bertz CT molecular complexity index is 392. The van der Waals surface area contributed by atoms with Crippen LogP contribution < -0.4 is 5.32 Å². The normalized spacial score (nSPS) is 10.4. The Kier molecular flexibility index (Phi) is 5.57. The minimum Gasteiger partial charge on any atom is -0.480 e. The third-order valence-corrected chi connectivity index (χ3v) is 3.13. The van der Waals surface area contributed by atoms with E-state index in [-0.39, 0.29) is 18.6 Å². The second-order valence-corrected chi connectivity index (χ2v) is 5.00. The molecule has 1 rings (SSSR count). The summed E-state index contributed by atoms with van der Waals surface area (Å²) < 4.78 is 0. The van der Waals surface area contributed by atoms with Crippen molar-refractivity contribution >= 4 is 23.3 Å². The molecule has 7 heteroatoms. The van der Waals surface area contributed by atoms with Crippen molar-refractivity contribution < 1.29 is 14.7 Å². The zero-order valence-corrected chi connectivity index (χ0v) is 11.2. The van der Waals surface area contributed by atoms with Crippen LogP contribution in [0.3, 0.4) is 0 Å². The molecule has 0 atom stereocenters. The Labute approximate surface area is 110 Å². The average Bonchev–Trinajstić information content (AvgIpc) is 2.78. The molecule has 2 N–H and O–H groups in total. The highest BCUT2D eigenvalue weighted by Crippen LogP contribution is 2.04. The highest BCUT2D eigenvalue weighted by Gasteiger charge is 2.19. The first-order valence-electron chi connectivity index (χ1n) is 5.65. The number of carbonyl (C=O) groups excluding carboxylic acids is 1. The van der Waals surface area contributed by atoms with Crippen molar-refractivity contribution in [1.82, 2.24) is 15.2 Å². The van der Waals surface area contributed by atoms with Gasteiger partial charge >= 0.3 is 12.0 Å². The molecule has 0 aliphatic carbocycles. The van der Waals surface area contributed by atoms with Crippen LogP contribution >= 0.6 is 11.3 Å². The van der Waals surface area contributed by atoms with Gasteiger partial charge in [0.25, 0.3) is 0 Å². The first-order chi connectivity index (χ1) is 8.50. The summed E-state index contributed by atoms with van der Waals surface area (Å²) in [6.45, 7) is 3.72. The Hall–Kier alpha value is -1.63. The Morgan fingerprint density at radius 3 is 2.78 bits per heavy atom. The first-order valence-corrected chi connectivity index (χ1v) is 6.53. The van der Waals surface area contributed by atoms with Gasteiger partial charge in [0.15, 0.2) is 0 Å². The van der Waals surface area contributed by atoms with Crippen LogP contribution in [0.1, 0.15) is 18.9 Å². The second-order valence-electron chi connectivity index (χ2n) is 4.02. The van der Waals surface area contributed by atoms with E-state index in [9.17, 15) is 9.59 Å². The highest BCUT2D eigenvalue weighted by molar-refractivity contribution is 7.09. The number of hydrogen-bond acceptors (Lipinski definition) is 4. The zero-order valence-electron chi connectivity index (χ0n) is 10.4. The third kappa shape index (κ3) is 4.70. The zero-order chi connectivity index (χ0) is 13.5. The maximum Gasteiger partial charge on any atom is 0.323 e. The molecule has 0 aliphatic rings. The summed E-state index contributed by atoms with van der Waals surface area (Å²) in [7, 11) is 0. The van der Waals surface area contributed by atoms with E-state index in [1.807, 2.05) is 5.38 Å². The van der Waals surface area contributed by atoms with E-state index in [1.165, 1.54) is 16.2 Å². The summed E-state index contributed by atoms with van der Waals surface area (Å²) in [5.41, 5.74) is 0. The molecule has 6 nitrogen and oxygen atoms in total. The van der Waals surface area contributed by atoms with Gasteiger partial charge in [0, 0.05) is 30.6 Å². The van der Waals surface area contributed by atoms with E-state index >= 15 is 0 Å². The van der Waals surface area contributed by atoms with Gasteiger partial charge in [0.2, 0.25) is 0 Å². The lowest BCUT2D eigenvalue weighted by Crippen LogP contribution is -2.46. The standard InChI is InChI=1S/C11H17N3O3S/c1-8(2)14(7-10(15)16)11(17)13-4-3-9-12-5-6-18-9/h5-6,8H,3-4,7H2,1-2H3,(H,13,17)(H,15,16). The van der Waals surface area contributed by atoms with Gasteiger partial charge < -0.3 is 15.3 Å². The summed E-state index contributed by atoms with van der Waals surface area (Å²) in [4.78, 5) is 27.8. The van der Waals surface area contributed by atoms with E-state index in [0.717, 1.165) is 5.01 Å². The molecule has 0 fully saturated rings. The lowest BCUT2D eigenvalue weighted by Gasteiger charge is -2.24. The first kappa shape index (κ1) is 14.4. The number of urea groups is 1. The van der Waals surface area contributed by atoms with Gasteiger partial charge in [-0.25, -0.2) is 9.78 Å². The maximum atomic E-state index is 11.8. The van der Waals surface area contributed by atoms with Crippen molar-refractivity contribution in [2.24, 2.45) is 0 Å². The average molecular weight is 271 g/mol. The van der Waals surface area contributed by atoms with Crippen molar-refractivity contribution in [2.45, 2.75) is 26.3 Å². The fourth-order valence-corrected chi connectivity index (χ4v) is 2.01. The van der Waals surface area contributed by atoms with Crippen LogP contribution in [0.2, 0.25) is 0 Å². The lowest BCUT2D eigenvalue weighted by molar-refractivity contribution is -0.138.